The van der Waals surface area contributed by atoms with Crippen LogP contribution in [0.1, 0.15) is 42.9 Å². The lowest BCUT2D eigenvalue weighted by Gasteiger charge is -2.15. The van der Waals surface area contributed by atoms with Crippen LogP contribution in [-0.2, 0) is 14.8 Å². The minimum absolute atomic E-state index is 0.0556. The van der Waals surface area contributed by atoms with Crippen molar-refractivity contribution in [3.8, 4) is 10.6 Å². The second kappa shape index (κ2) is 6.76. The Morgan fingerprint density at radius 3 is 2.63 bits per heavy atom. The fraction of sp³-hybridized carbons (Fsp3) is 0.333. The average molecular weight is 445 g/mol. The van der Waals surface area contributed by atoms with E-state index in [0.29, 0.717) is 16.5 Å². The molecule has 2 aliphatic carbocycles. The van der Waals surface area contributed by atoms with E-state index in [0.717, 1.165) is 35.5 Å². The van der Waals surface area contributed by atoms with Gasteiger partial charge in [0.05, 0.1) is 4.88 Å². The Kier molecular flexibility index (Phi) is 4.39. The van der Waals surface area contributed by atoms with Crippen molar-refractivity contribution in [3.05, 3.63) is 59.9 Å². The molecule has 2 aliphatic rings. The first kappa shape index (κ1) is 19.5. The van der Waals surface area contributed by atoms with Gasteiger partial charge < -0.3 is 9.63 Å². The summed E-state index contributed by atoms with van der Waals surface area (Å²) in [4.78, 5) is 12.8. The number of nitrogens with one attached hydrogen (secondary N) is 1. The Balaban J connectivity index is 1.42. The molecule has 0 saturated heterocycles. The van der Waals surface area contributed by atoms with Crippen LogP contribution in [0.3, 0.4) is 0 Å². The molecule has 9 heteroatoms. The van der Waals surface area contributed by atoms with Crippen molar-refractivity contribution in [2.24, 2.45) is 5.92 Å². The predicted octanol–water partition coefficient (Wildman–Crippen LogP) is 3.82. The van der Waals surface area contributed by atoms with Gasteiger partial charge in [0.1, 0.15) is 21.2 Å². The zero-order chi connectivity index (χ0) is 21.1. The first-order valence-electron chi connectivity index (χ1n) is 9.72. The van der Waals surface area contributed by atoms with Gasteiger partial charge in [-0.15, -0.1) is 11.3 Å². The maximum atomic E-state index is 13.1. The molecule has 0 bridgehead atoms. The second-order valence-electron chi connectivity index (χ2n) is 7.96. The van der Waals surface area contributed by atoms with E-state index in [4.69, 9.17) is 4.52 Å². The minimum atomic E-state index is -4.03. The number of nitrogens with zero attached hydrogens (tertiary/aromatic N) is 1. The number of hydrogen-bond donors (Lipinski definition) is 2. The molecule has 7 nitrogen and oxygen atoms in total. The van der Waals surface area contributed by atoms with Crippen LogP contribution in [0.5, 0.6) is 0 Å². The fourth-order valence-corrected chi connectivity index (χ4v) is 6.86. The van der Waals surface area contributed by atoms with Gasteiger partial charge in [0, 0.05) is 17.9 Å². The molecule has 0 spiro atoms. The molecule has 0 aliphatic heterocycles. The molecule has 2 heterocycles. The highest BCUT2D eigenvalue weighted by molar-refractivity contribution is 7.91. The lowest BCUT2D eigenvalue weighted by atomic mass is 10.1. The lowest BCUT2D eigenvalue weighted by Crippen LogP contribution is -2.45. The van der Waals surface area contributed by atoms with Gasteiger partial charge in [-0.2, -0.15) is 4.72 Å². The summed E-state index contributed by atoms with van der Waals surface area (Å²) in [5.41, 5.74) is -0.160. The van der Waals surface area contributed by atoms with Gasteiger partial charge in [0.25, 0.3) is 10.0 Å². The average Bonchev–Trinajstić information content (AvgIpc) is 3.49. The molecular weight excluding hydrogens is 424 g/mol. The topological polar surface area (TPSA) is 110 Å². The van der Waals surface area contributed by atoms with Crippen LogP contribution in [0.25, 0.3) is 10.6 Å². The zero-order valence-electron chi connectivity index (χ0n) is 16.1. The maximum Gasteiger partial charge on any atom is 0.325 e. The van der Waals surface area contributed by atoms with Crippen molar-refractivity contribution in [3.63, 3.8) is 0 Å². The number of carboxylic acid groups (broad SMARTS) is 1. The van der Waals surface area contributed by atoms with E-state index in [-0.39, 0.29) is 10.1 Å². The van der Waals surface area contributed by atoms with Crippen molar-refractivity contribution < 1.29 is 22.8 Å². The van der Waals surface area contributed by atoms with Crippen LogP contribution in [-0.4, -0.2) is 30.2 Å². The molecule has 2 N–H and O–H groups in total. The van der Waals surface area contributed by atoms with Gasteiger partial charge in [-0.3, -0.25) is 4.79 Å². The van der Waals surface area contributed by atoms with E-state index in [1.54, 1.807) is 13.0 Å². The normalized spacial score (nSPS) is 25.9. The number of aliphatic carboxylic acids is 1. The third-order valence-electron chi connectivity index (χ3n) is 6.02. The van der Waals surface area contributed by atoms with Crippen molar-refractivity contribution in [1.29, 1.82) is 0 Å². The summed E-state index contributed by atoms with van der Waals surface area (Å²) in [6, 6.07) is 14.1. The van der Waals surface area contributed by atoms with Gasteiger partial charge in [-0.25, -0.2) is 8.42 Å². The molecule has 1 aromatic carbocycles. The summed E-state index contributed by atoms with van der Waals surface area (Å²) in [6.07, 6.45) is 2.17. The number of sulfonamides is 1. The maximum absolute atomic E-state index is 13.1. The molecule has 2 aromatic heterocycles. The molecular formula is C21H20N2O5S2. The van der Waals surface area contributed by atoms with Gasteiger partial charge in [0.2, 0.25) is 0 Å². The second-order valence-corrected chi connectivity index (χ2v) is 11.0. The van der Waals surface area contributed by atoms with Gasteiger partial charge in [-0.1, -0.05) is 42.4 Å². The number of carboxylic acids is 1. The number of hydrogen-bond acceptors (Lipinski definition) is 6. The standard InChI is InChI=1S/C21H20N2O5S2/c1-12-19(14-5-3-2-4-6-14)21(12,20(24)25)23-30(26,27)18-10-9-17(29-18)15-11-16(28-22-15)13-7-8-13/h2-6,9-13,19,23H,7-8H2,1H3,(H,24,25)/t12?,19-,21+/m1/s1. The van der Waals surface area contributed by atoms with Crippen LogP contribution >= 0.6 is 11.3 Å². The van der Waals surface area contributed by atoms with Crippen molar-refractivity contribution >= 4 is 27.3 Å². The Morgan fingerprint density at radius 2 is 1.97 bits per heavy atom. The monoisotopic (exact) mass is 444 g/mol. The lowest BCUT2D eigenvalue weighted by molar-refractivity contribution is -0.140. The van der Waals surface area contributed by atoms with Crippen LogP contribution in [0.4, 0.5) is 0 Å². The van der Waals surface area contributed by atoms with E-state index in [2.05, 4.69) is 9.88 Å². The van der Waals surface area contributed by atoms with E-state index in [1.165, 1.54) is 6.07 Å². The molecule has 156 valence electrons. The number of rotatable bonds is 7. The van der Waals surface area contributed by atoms with Crippen LogP contribution < -0.4 is 4.72 Å². The number of benzene rings is 1. The smallest absolute Gasteiger partial charge is 0.325 e. The highest BCUT2D eigenvalue weighted by Gasteiger charge is 2.70. The molecule has 0 radical (unpaired) electrons. The van der Waals surface area contributed by atoms with Gasteiger partial charge in [-0.05, 0) is 36.5 Å². The molecule has 0 amide bonds. The number of aromatic nitrogens is 1. The first-order chi connectivity index (χ1) is 14.3. The summed E-state index contributed by atoms with van der Waals surface area (Å²) in [7, 11) is -4.03. The first-order valence-corrected chi connectivity index (χ1v) is 12.0. The van der Waals surface area contributed by atoms with E-state index in [9.17, 15) is 18.3 Å². The molecule has 5 rings (SSSR count). The van der Waals surface area contributed by atoms with Crippen LogP contribution in [0.2, 0.25) is 0 Å². The molecule has 1 unspecified atom stereocenters. The summed E-state index contributed by atoms with van der Waals surface area (Å²) in [6.45, 7) is 1.75. The SMILES string of the molecule is CC1[C@H](c2ccccc2)[C@]1(NS(=O)(=O)c1ccc(-c2cc(C3CC3)on2)s1)C(=O)O. The molecule has 3 aromatic rings. The quantitative estimate of drug-likeness (QED) is 0.573. The Labute approximate surface area is 177 Å². The predicted molar refractivity (Wildman–Crippen MR) is 111 cm³/mol. The van der Waals surface area contributed by atoms with Crippen LogP contribution in [0, 0.1) is 5.92 Å². The van der Waals surface area contributed by atoms with Crippen molar-refractivity contribution in [2.45, 2.75) is 41.3 Å². The summed E-state index contributed by atoms with van der Waals surface area (Å²) in [5, 5.41) is 14.0. The molecule has 30 heavy (non-hydrogen) atoms. The Morgan fingerprint density at radius 1 is 1.23 bits per heavy atom. The summed E-state index contributed by atoms with van der Waals surface area (Å²) < 4.78 is 34.1. The zero-order valence-corrected chi connectivity index (χ0v) is 17.7. The number of carbonyl (C=O) groups is 1. The summed E-state index contributed by atoms with van der Waals surface area (Å²) in [5.74, 6) is -0.735. The van der Waals surface area contributed by atoms with Gasteiger partial charge >= 0.3 is 5.97 Å². The van der Waals surface area contributed by atoms with Crippen LogP contribution in [0.15, 0.2) is 57.3 Å². The Hall–Kier alpha value is -2.49. The highest BCUT2D eigenvalue weighted by Crippen LogP contribution is 2.58. The van der Waals surface area contributed by atoms with Crippen molar-refractivity contribution in [1.82, 2.24) is 9.88 Å². The van der Waals surface area contributed by atoms with E-state index in [1.807, 2.05) is 36.4 Å². The van der Waals surface area contributed by atoms with E-state index < -0.39 is 27.4 Å². The highest BCUT2D eigenvalue weighted by atomic mass is 32.2. The molecule has 3 atom stereocenters. The molecule has 2 fully saturated rings. The third kappa shape index (κ3) is 3.08. The van der Waals surface area contributed by atoms with E-state index >= 15 is 0 Å². The van der Waals surface area contributed by atoms with Crippen molar-refractivity contribution in [2.75, 3.05) is 0 Å². The third-order valence-corrected chi connectivity index (χ3v) is 9.11. The Bertz CT molecular complexity index is 1210. The fourth-order valence-electron chi connectivity index (χ4n) is 4.14. The summed E-state index contributed by atoms with van der Waals surface area (Å²) >= 11 is 1.05. The number of thiophene rings is 1. The largest absolute Gasteiger partial charge is 0.480 e. The molecule has 2 saturated carbocycles. The van der Waals surface area contributed by atoms with Gasteiger partial charge in [0.15, 0.2) is 0 Å². The minimum Gasteiger partial charge on any atom is -0.480 e.